The predicted octanol–water partition coefficient (Wildman–Crippen LogP) is 3.51. The molecule has 0 aliphatic carbocycles. The molecule has 5 heteroatoms. The lowest BCUT2D eigenvalue weighted by Crippen LogP contribution is -2.42. The van der Waals surface area contributed by atoms with E-state index in [0.29, 0.717) is 11.9 Å². The first-order valence-electron chi connectivity index (χ1n) is 9.36. The number of anilines is 2. The van der Waals surface area contributed by atoms with Crippen LogP contribution in [0, 0.1) is 12.8 Å². The van der Waals surface area contributed by atoms with Crippen LogP contribution in [0.3, 0.4) is 0 Å². The van der Waals surface area contributed by atoms with Gasteiger partial charge in [0.2, 0.25) is 5.95 Å². The Kier molecular flexibility index (Phi) is 5.19. The van der Waals surface area contributed by atoms with Crippen molar-refractivity contribution in [3.63, 3.8) is 0 Å². The summed E-state index contributed by atoms with van der Waals surface area (Å²) in [4.78, 5) is 11.6. The van der Waals surface area contributed by atoms with Crippen LogP contribution in [0.2, 0.25) is 0 Å². The van der Waals surface area contributed by atoms with Crippen LogP contribution in [0.4, 0.5) is 11.8 Å². The molecule has 0 saturated carbocycles. The fourth-order valence-electron chi connectivity index (χ4n) is 3.67. The Morgan fingerprint density at radius 3 is 2.65 bits per heavy atom. The number of aromatic nitrogens is 2. The molecule has 1 aliphatic rings. The first kappa shape index (κ1) is 18.6. The second kappa shape index (κ2) is 7.23. The van der Waals surface area contributed by atoms with Gasteiger partial charge in [0.25, 0.3) is 0 Å². The Balaban J connectivity index is 1.90. The van der Waals surface area contributed by atoms with Gasteiger partial charge in [-0.2, -0.15) is 4.98 Å². The maximum absolute atomic E-state index is 9.59. The van der Waals surface area contributed by atoms with E-state index in [1.54, 1.807) is 0 Å². The first-order valence-corrected chi connectivity index (χ1v) is 9.36. The number of rotatable bonds is 5. The van der Waals surface area contributed by atoms with Gasteiger partial charge < -0.3 is 15.3 Å². The summed E-state index contributed by atoms with van der Waals surface area (Å²) in [6.45, 7) is 12.5. The van der Waals surface area contributed by atoms with Gasteiger partial charge in [-0.3, -0.25) is 0 Å². The van der Waals surface area contributed by atoms with Crippen LogP contribution in [-0.2, 0) is 12.0 Å². The molecule has 0 amide bonds. The van der Waals surface area contributed by atoms with Gasteiger partial charge in [0.1, 0.15) is 5.82 Å². The minimum Gasteiger partial charge on any atom is -0.394 e. The van der Waals surface area contributed by atoms with Gasteiger partial charge in [0, 0.05) is 30.3 Å². The number of aliphatic hydroxyl groups excluding tert-OH is 1. The molecule has 5 nitrogen and oxygen atoms in total. The molecular weight excluding hydrogens is 324 g/mol. The second-order valence-corrected chi connectivity index (χ2v) is 8.27. The molecule has 2 heterocycles. The Morgan fingerprint density at radius 2 is 1.96 bits per heavy atom. The average molecular weight is 354 g/mol. The molecule has 3 rings (SSSR count). The smallest absolute Gasteiger partial charge is 0.225 e. The molecule has 0 fully saturated rings. The zero-order chi connectivity index (χ0) is 18.9. The van der Waals surface area contributed by atoms with Crippen molar-refractivity contribution in [2.75, 3.05) is 23.4 Å². The molecule has 2 N–H and O–H groups in total. The summed E-state index contributed by atoms with van der Waals surface area (Å²) in [5, 5.41) is 12.9. The lowest BCUT2D eigenvalue weighted by Gasteiger charge is -2.40. The zero-order valence-electron chi connectivity index (χ0n) is 16.5. The van der Waals surface area contributed by atoms with Crippen molar-refractivity contribution < 1.29 is 5.11 Å². The third kappa shape index (κ3) is 3.83. The molecule has 1 aromatic heterocycles. The van der Waals surface area contributed by atoms with Crippen LogP contribution in [0.5, 0.6) is 0 Å². The third-order valence-electron chi connectivity index (χ3n) is 5.17. The largest absolute Gasteiger partial charge is 0.394 e. The number of hydrogen-bond acceptors (Lipinski definition) is 5. The van der Waals surface area contributed by atoms with Crippen molar-refractivity contribution in [3.8, 4) is 0 Å². The molecule has 1 aliphatic heterocycles. The maximum atomic E-state index is 9.59. The minimum absolute atomic E-state index is 0.0526. The van der Waals surface area contributed by atoms with E-state index in [-0.39, 0.29) is 18.1 Å². The van der Waals surface area contributed by atoms with Crippen molar-refractivity contribution >= 4 is 11.8 Å². The van der Waals surface area contributed by atoms with Gasteiger partial charge in [0.15, 0.2) is 0 Å². The SMILES string of the molecule is Cc1cc(N2Cc3ccccc3C(C)(C)C2)nc(N[C@@H](CO)C(C)C)n1. The topological polar surface area (TPSA) is 61.3 Å². The van der Waals surface area contributed by atoms with E-state index in [1.807, 2.05) is 13.0 Å². The summed E-state index contributed by atoms with van der Waals surface area (Å²) in [5.74, 6) is 1.82. The summed E-state index contributed by atoms with van der Waals surface area (Å²) < 4.78 is 0. The zero-order valence-corrected chi connectivity index (χ0v) is 16.5. The molecular formula is C21H30N4O. The quantitative estimate of drug-likeness (QED) is 0.860. The lowest BCUT2D eigenvalue weighted by atomic mass is 9.78. The van der Waals surface area contributed by atoms with E-state index in [1.165, 1.54) is 11.1 Å². The maximum Gasteiger partial charge on any atom is 0.225 e. The van der Waals surface area contributed by atoms with E-state index >= 15 is 0 Å². The molecule has 0 spiro atoms. The van der Waals surface area contributed by atoms with Gasteiger partial charge in [-0.15, -0.1) is 0 Å². The predicted molar refractivity (Wildman–Crippen MR) is 107 cm³/mol. The Hall–Kier alpha value is -2.14. The van der Waals surface area contributed by atoms with Crippen molar-refractivity contribution in [1.82, 2.24) is 9.97 Å². The van der Waals surface area contributed by atoms with Crippen LogP contribution in [0.25, 0.3) is 0 Å². The molecule has 1 aromatic carbocycles. The van der Waals surface area contributed by atoms with Gasteiger partial charge in [0.05, 0.1) is 12.6 Å². The normalized spacial score (nSPS) is 17.1. The monoisotopic (exact) mass is 354 g/mol. The molecule has 0 saturated heterocycles. The highest BCUT2D eigenvalue weighted by Gasteiger charge is 2.32. The van der Waals surface area contributed by atoms with Crippen molar-refractivity contribution in [2.24, 2.45) is 5.92 Å². The molecule has 2 aromatic rings. The average Bonchev–Trinajstić information content (AvgIpc) is 2.58. The van der Waals surface area contributed by atoms with E-state index in [0.717, 1.165) is 24.6 Å². The van der Waals surface area contributed by atoms with Crippen LogP contribution < -0.4 is 10.2 Å². The summed E-state index contributed by atoms with van der Waals surface area (Å²) in [7, 11) is 0. The minimum atomic E-state index is -0.0526. The molecule has 1 atom stereocenters. The van der Waals surface area contributed by atoms with Gasteiger partial charge in [-0.25, -0.2) is 4.98 Å². The molecule has 0 bridgehead atoms. The Labute approximate surface area is 156 Å². The molecule has 140 valence electrons. The van der Waals surface area contributed by atoms with E-state index in [9.17, 15) is 5.11 Å². The lowest BCUT2D eigenvalue weighted by molar-refractivity contribution is 0.248. The Bertz CT molecular complexity index is 772. The number of nitrogens with zero attached hydrogens (tertiary/aromatic N) is 3. The first-order chi connectivity index (χ1) is 12.3. The third-order valence-corrected chi connectivity index (χ3v) is 5.17. The number of nitrogens with one attached hydrogen (secondary N) is 1. The van der Waals surface area contributed by atoms with E-state index in [4.69, 9.17) is 4.98 Å². The number of aryl methyl sites for hydroxylation is 1. The fraction of sp³-hybridized carbons (Fsp3) is 0.524. The summed E-state index contributed by atoms with van der Waals surface area (Å²) in [6.07, 6.45) is 0. The van der Waals surface area contributed by atoms with Crippen molar-refractivity contribution in [2.45, 2.75) is 52.6 Å². The highest BCUT2D eigenvalue weighted by molar-refractivity contribution is 5.50. The van der Waals surface area contributed by atoms with Crippen LogP contribution in [-0.4, -0.2) is 34.3 Å². The van der Waals surface area contributed by atoms with Crippen LogP contribution in [0.15, 0.2) is 30.3 Å². The number of benzene rings is 1. The van der Waals surface area contributed by atoms with E-state index < -0.39 is 0 Å². The van der Waals surface area contributed by atoms with Crippen LogP contribution >= 0.6 is 0 Å². The van der Waals surface area contributed by atoms with Gasteiger partial charge >= 0.3 is 0 Å². The molecule has 0 unspecified atom stereocenters. The molecule has 26 heavy (non-hydrogen) atoms. The van der Waals surface area contributed by atoms with Crippen molar-refractivity contribution in [1.29, 1.82) is 0 Å². The van der Waals surface area contributed by atoms with Gasteiger partial charge in [-0.1, -0.05) is 52.0 Å². The van der Waals surface area contributed by atoms with E-state index in [2.05, 4.69) is 67.2 Å². The standard InChI is InChI=1S/C21H30N4O/c1-14(2)18(12-26)23-20-22-15(3)10-19(24-20)25-11-16-8-6-7-9-17(16)21(4,5)13-25/h6-10,14,18,26H,11-13H2,1-5H3,(H,22,23,24)/t18-/m0/s1. The Morgan fingerprint density at radius 1 is 1.23 bits per heavy atom. The molecule has 0 radical (unpaired) electrons. The highest BCUT2D eigenvalue weighted by atomic mass is 16.3. The fourth-order valence-corrected chi connectivity index (χ4v) is 3.67. The summed E-state index contributed by atoms with van der Waals surface area (Å²) >= 11 is 0. The highest BCUT2D eigenvalue weighted by Crippen LogP contribution is 2.35. The second-order valence-electron chi connectivity index (χ2n) is 8.27. The van der Waals surface area contributed by atoms with Crippen molar-refractivity contribution in [3.05, 3.63) is 47.2 Å². The summed E-state index contributed by atoms with van der Waals surface area (Å²) in [5.41, 5.74) is 3.76. The van der Waals surface area contributed by atoms with Gasteiger partial charge in [-0.05, 0) is 24.0 Å². The van der Waals surface area contributed by atoms with Crippen LogP contribution in [0.1, 0.15) is 44.5 Å². The summed E-state index contributed by atoms with van der Waals surface area (Å²) in [6, 6.07) is 10.6. The number of fused-ring (bicyclic) bond motifs is 1. The number of aliphatic hydroxyl groups is 1. The number of hydrogen-bond donors (Lipinski definition) is 2.